The van der Waals surface area contributed by atoms with E-state index in [1.807, 2.05) is 0 Å². The van der Waals surface area contributed by atoms with E-state index in [0.29, 0.717) is 11.9 Å². The molecule has 2 aliphatic heterocycles. The van der Waals surface area contributed by atoms with Crippen molar-refractivity contribution >= 4 is 5.91 Å². The molecule has 0 radical (unpaired) electrons. The Hall–Kier alpha value is -0.610. The number of ether oxygens (including phenoxy) is 1. The number of carbonyl (C=O) groups excluding carboxylic acids is 1. The van der Waals surface area contributed by atoms with Crippen molar-refractivity contribution in [1.29, 1.82) is 0 Å². The molecule has 90 valence electrons. The number of carbonyl (C=O) groups is 1. The summed E-state index contributed by atoms with van der Waals surface area (Å²) in [6, 6.07) is 0.411. The van der Waals surface area contributed by atoms with Gasteiger partial charge in [-0.2, -0.15) is 0 Å². The van der Waals surface area contributed by atoms with E-state index in [1.165, 1.54) is 12.8 Å². The van der Waals surface area contributed by atoms with Crippen molar-refractivity contribution in [1.82, 2.24) is 10.2 Å². The molecule has 2 heterocycles. The molecule has 0 aromatic heterocycles. The Bertz CT molecular complexity index is 281. The number of nitrogens with zero attached hydrogens (tertiary/aromatic N) is 1. The molecule has 3 fully saturated rings. The summed E-state index contributed by atoms with van der Waals surface area (Å²) in [5.74, 6) is 0.358. The summed E-state index contributed by atoms with van der Waals surface area (Å²) in [7, 11) is 0. The fraction of sp³-hybridized carbons (Fsp3) is 0.917. The van der Waals surface area contributed by atoms with Gasteiger partial charge in [-0.25, -0.2) is 0 Å². The Morgan fingerprint density at radius 3 is 2.62 bits per heavy atom. The molecule has 3 rings (SSSR count). The van der Waals surface area contributed by atoms with Crippen LogP contribution in [0.3, 0.4) is 0 Å². The molecule has 0 aromatic carbocycles. The van der Waals surface area contributed by atoms with Gasteiger partial charge < -0.3 is 9.64 Å². The Kier molecular flexibility index (Phi) is 2.64. The Morgan fingerprint density at radius 1 is 1.25 bits per heavy atom. The van der Waals surface area contributed by atoms with Crippen molar-refractivity contribution in [2.45, 2.75) is 50.1 Å². The van der Waals surface area contributed by atoms with Crippen molar-refractivity contribution < 1.29 is 9.53 Å². The summed E-state index contributed by atoms with van der Waals surface area (Å²) in [4.78, 5) is 14.5. The van der Waals surface area contributed by atoms with E-state index in [1.54, 1.807) is 0 Å². The van der Waals surface area contributed by atoms with Crippen LogP contribution in [0.1, 0.15) is 38.5 Å². The van der Waals surface area contributed by atoms with Crippen LogP contribution in [0.2, 0.25) is 0 Å². The second kappa shape index (κ2) is 4.00. The molecule has 0 atom stereocenters. The summed E-state index contributed by atoms with van der Waals surface area (Å²) in [5, 5.41) is 3.46. The molecule has 1 saturated carbocycles. The Balaban J connectivity index is 1.71. The van der Waals surface area contributed by atoms with E-state index in [-0.39, 0.29) is 5.54 Å². The van der Waals surface area contributed by atoms with E-state index in [0.717, 1.165) is 45.6 Å². The first-order valence-corrected chi connectivity index (χ1v) is 6.46. The molecule has 0 bridgehead atoms. The third kappa shape index (κ3) is 1.55. The standard InChI is InChI=1S/C12H20N2O2/c15-11-12(5-1-2-6-12)13-9-14(11)10-3-7-16-8-4-10/h10,13H,1-9H2. The van der Waals surface area contributed by atoms with Crippen LogP contribution < -0.4 is 5.32 Å². The van der Waals surface area contributed by atoms with Crippen molar-refractivity contribution in [3.8, 4) is 0 Å². The Labute approximate surface area is 96.3 Å². The van der Waals surface area contributed by atoms with Gasteiger partial charge in [0.1, 0.15) is 0 Å². The van der Waals surface area contributed by atoms with Gasteiger partial charge in [-0.3, -0.25) is 10.1 Å². The number of nitrogens with one attached hydrogen (secondary N) is 1. The van der Waals surface area contributed by atoms with Crippen LogP contribution >= 0.6 is 0 Å². The topological polar surface area (TPSA) is 41.6 Å². The highest BCUT2D eigenvalue weighted by Crippen LogP contribution is 2.35. The van der Waals surface area contributed by atoms with E-state index in [4.69, 9.17) is 4.74 Å². The van der Waals surface area contributed by atoms with Gasteiger partial charge in [-0.15, -0.1) is 0 Å². The molecule has 16 heavy (non-hydrogen) atoms. The van der Waals surface area contributed by atoms with Gasteiger partial charge in [0.05, 0.1) is 12.2 Å². The highest BCUT2D eigenvalue weighted by atomic mass is 16.5. The minimum absolute atomic E-state index is 0.182. The molecule has 1 spiro atoms. The maximum Gasteiger partial charge on any atom is 0.244 e. The fourth-order valence-electron chi connectivity index (χ4n) is 3.32. The molecule has 0 aromatic rings. The summed E-state index contributed by atoms with van der Waals surface area (Å²) >= 11 is 0. The van der Waals surface area contributed by atoms with Gasteiger partial charge in [-0.05, 0) is 25.7 Å². The molecular formula is C12H20N2O2. The average molecular weight is 224 g/mol. The smallest absolute Gasteiger partial charge is 0.244 e. The summed E-state index contributed by atoms with van der Waals surface area (Å²) in [6.45, 7) is 2.37. The first-order chi connectivity index (χ1) is 7.82. The number of hydrogen-bond donors (Lipinski definition) is 1. The normalized spacial score (nSPS) is 30.5. The molecular weight excluding hydrogens is 204 g/mol. The largest absolute Gasteiger partial charge is 0.381 e. The van der Waals surface area contributed by atoms with Crippen LogP contribution in [0.5, 0.6) is 0 Å². The molecule has 2 saturated heterocycles. The molecule has 4 nitrogen and oxygen atoms in total. The average Bonchev–Trinajstić information content (AvgIpc) is 2.91. The first kappa shape index (κ1) is 10.5. The van der Waals surface area contributed by atoms with Gasteiger partial charge in [0.15, 0.2) is 0 Å². The van der Waals surface area contributed by atoms with E-state index in [9.17, 15) is 4.79 Å². The van der Waals surface area contributed by atoms with Crippen LogP contribution in [0.25, 0.3) is 0 Å². The second-order valence-corrected chi connectivity index (χ2v) is 5.24. The predicted molar refractivity (Wildman–Crippen MR) is 59.9 cm³/mol. The van der Waals surface area contributed by atoms with Gasteiger partial charge in [0.2, 0.25) is 5.91 Å². The zero-order valence-electron chi connectivity index (χ0n) is 9.71. The zero-order valence-corrected chi connectivity index (χ0v) is 9.71. The van der Waals surface area contributed by atoms with E-state index >= 15 is 0 Å². The molecule has 3 aliphatic rings. The maximum absolute atomic E-state index is 12.5. The van der Waals surface area contributed by atoms with Crippen molar-refractivity contribution in [2.24, 2.45) is 0 Å². The lowest BCUT2D eigenvalue weighted by atomic mass is 9.97. The second-order valence-electron chi connectivity index (χ2n) is 5.24. The molecule has 0 unspecified atom stereocenters. The summed E-state index contributed by atoms with van der Waals surface area (Å²) < 4.78 is 5.35. The lowest BCUT2D eigenvalue weighted by Crippen LogP contribution is -2.46. The third-order valence-corrected chi connectivity index (χ3v) is 4.35. The first-order valence-electron chi connectivity index (χ1n) is 6.46. The van der Waals surface area contributed by atoms with Crippen molar-refractivity contribution in [2.75, 3.05) is 19.9 Å². The maximum atomic E-state index is 12.5. The van der Waals surface area contributed by atoms with Crippen LogP contribution in [0.15, 0.2) is 0 Å². The molecule has 1 N–H and O–H groups in total. The molecule has 1 aliphatic carbocycles. The predicted octanol–water partition coefficient (Wildman–Crippen LogP) is 0.867. The van der Waals surface area contributed by atoms with Crippen LogP contribution in [-0.2, 0) is 9.53 Å². The Morgan fingerprint density at radius 2 is 1.94 bits per heavy atom. The number of hydrogen-bond acceptors (Lipinski definition) is 3. The quantitative estimate of drug-likeness (QED) is 0.718. The zero-order chi connectivity index (χ0) is 11.0. The number of amides is 1. The van der Waals surface area contributed by atoms with Gasteiger partial charge in [0.25, 0.3) is 0 Å². The monoisotopic (exact) mass is 224 g/mol. The minimum atomic E-state index is -0.182. The van der Waals surface area contributed by atoms with E-state index in [2.05, 4.69) is 10.2 Å². The van der Waals surface area contributed by atoms with Crippen molar-refractivity contribution in [3.05, 3.63) is 0 Å². The SMILES string of the molecule is O=C1N(C2CCOCC2)CNC12CCCC2. The third-order valence-electron chi connectivity index (χ3n) is 4.35. The minimum Gasteiger partial charge on any atom is -0.381 e. The van der Waals surface area contributed by atoms with Crippen LogP contribution in [0.4, 0.5) is 0 Å². The lowest BCUT2D eigenvalue weighted by molar-refractivity contribution is -0.135. The van der Waals surface area contributed by atoms with Gasteiger partial charge in [-0.1, -0.05) is 12.8 Å². The highest BCUT2D eigenvalue weighted by Gasteiger charge is 2.49. The summed E-state index contributed by atoms with van der Waals surface area (Å²) in [6.07, 6.45) is 6.46. The summed E-state index contributed by atoms with van der Waals surface area (Å²) in [5.41, 5.74) is -0.182. The highest BCUT2D eigenvalue weighted by molar-refractivity contribution is 5.89. The lowest BCUT2D eigenvalue weighted by Gasteiger charge is -2.31. The molecule has 4 heteroatoms. The number of rotatable bonds is 1. The van der Waals surface area contributed by atoms with Gasteiger partial charge >= 0.3 is 0 Å². The van der Waals surface area contributed by atoms with Gasteiger partial charge in [0, 0.05) is 19.3 Å². The van der Waals surface area contributed by atoms with Crippen molar-refractivity contribution in [3.63, 3.8) is 0 Å². The molecule has 1 amide bonds. The van der Waals surface area contributed by atoms with Crippen LogP contribution in [-0.4, -0.2) is 42.3 Å². The van der Waals surface area contributed by atoms with E-state index < -0.39 is 0 Å². The fourth-order valence-corrected chi connectivity index (χ4v) is 3.32. The van der Waals surface area contributed by atoms with Crippen LogP contribution in [0, 0.1) is 0 Å².